The molecule has 0 aliphatic carbocycles. The minimum Gasteiger partial charge on any atom is -0.449 e. The molecule has 0 spiro atoms. The maximum absolute atomic E-state index is 12.3. The molecule has 0 atom stereocenters. The highest BCUT2D eigenvalue weighted by atomic mass is 32.1. The van der Waals surface area contributed by atoms with E-state index in [-0.39, 0.29) is 11.1 Å². The van der Waals surface area contributed by atoms with Crippen LogP contribution in [0.3, 0.4) is 0 Å². The fraction of sp³-hybridized carbons (Fsp3) is 0.278. The van der Waals surface area contributed by atoms with Gasteiger partial charge in [-0.1, -0.05) is 19.1 Å². The van der Waals surface area contributed by atoms with Crippen molar-refractivity contribution in [3.63, 3.8) is 0 Å². The smallest absolute Gasteiger partial charge is 0.294 e. The molecule has 1 aromatic carbocycles. The third-order valence-corrected chi connectivity index (χ3v) is 5.08. The van der Waals surface area contributed by atoms with Crippen LogP contribution in [0, 0.1) is 0 Å². The summed E-state index contributed by atoms with van der Waals surface area (Å²) < 4.78 is 5.63. The Hall–Kier alpha value is -2.51. The maximum Gasteiger partial charge on any atom is 0.294 e. The molecule has 3 heterocycles. The highest BCUT2D eigenvalue weighted by molar-refractivity contribution is 7.09. The molecule has 0 aliphatic heterocycles. The van der Waals surface area contributed by atoms with Gasteiger partial charge in [0, 0.05) is 17.3 Å². The number of aromatic nitrogens is 3. The van der Waals surface area contributed by atoms with Crippen molar-refractivity contribution in [3.8, 4) is 0 Å². The first kappa shape index (κ1) is 16.0. The van der Waals surface area contributed by atoms with Gasteiger partial charge in [-0.15, -0.1) is 11.3 Å². The van der Waals surface area contributed by atoms with Crippen LogP contribution in [-0.2, 0) is 19.5 Å². The summed E-state index contributed by atoms with van der Waals surface area (Å²) in [4.78, 5) is 26.4. The summed E-state index contributed by atoms with van der Waals surface area (Å²) in [7, 11) is 1.99. The molecule has 3 aromatic heterocycles. The van der Waals surface area contributed by atoms with Gasteiger partial charge in [-0.05, 0) is 25.6 Å². The predicted octanol–water partition coefficient (Wildman–Crippen LogP) is 3.32. The van der Waals surface area contributed by atoms with Crippen molar-refractivity contribution in [2.75, 3.05) is 7.05 Å². The Morgan fingerprint density at radius 1 is 1.24 bits per heavy atom. The van der Waals surface area contributed by atoms with Gasteiger partial charge in [0.2, 0.25) is 5.58 Å². The van der Waals surface area contributed by atoms with Gasteiger partial charge in [0.15, 0.2) is 0 Å². The number of hydrogen-bond acceptors (Lipinski definition) is 6. The zero-order valence-corrected chi connectivity index (χ0v) is 14.9. The van der Waals surface area contributed by atoms with Gasteiger partial charge >= 0.3 is 0 Å². The second kappa shape index (κ2) is 6.42. The molecule has 0 saturated heterocycles. The lowest BCUT2D eigenvalue weighted by Crippen LogP contribution is -2.21. The van der Waals surface area contributed by atoms with Crippen molar-refractivity contribution < 1.29 is 4.42 Å². The lowest BCUT2D eigenvalue weighted by Gasteiger charge is -2.14. The van der Waals surface area contributed by atoms with E-state index >= 15 is 0 Å². The number of thiazole rings is 1. The van der Waals surface area contributed by atoms with Crippen molar-refractivity contribution >= 4 is 33.4 Å². The van der Waals surface area contributed by atoms with Crippen LogP contribution in [0.4, 0.5) is 0 Å². The van der Waals surface area contributed by atoms with E-state index in [1.165, 1.54) is 0 Å². The molecular formula is C18H18N4O2S. The third kappa shape index (κ3) is 3.08. The van der Waals surface area contributed by atoms with Crippen LogP contribution in [0.15, 0.2) is 38.9 Å². The largest absolute Gasteiger partial charge is 0.449 e. The second-order valence-electron chi connectivity index (χ2n) is 6.05. The molecule has 0 fully saturated rings. The van der Waals surface area contributed by atoms with Gasteiger partial charge in [0.1, 0.15) is 16.9 Å². The Labute approximate surface area is 148 Å². The maximum atomic E-state index is 12.3. The van der Waals surface area contributed by atoms with Crippen LogP contribution in [0.2, 0.25) is 0 Å². The topological polar surface area (TPSA) is 75.0 Å². The number of rotatable bonds is 5. The first-order valence-corrected chi connectivity index (χ1v) is 9.04. The molecule has 25 heavy (non-hydrogen) atoms. The van der Waals surface area contributed by atoms with Crippen molar-refractivity contribution in [3.05, 3.63) is 56.5 Å². The van der Waals surface area contributed by atoms with E-state index in [1.807, 2.05) is 31.3 Å². The Kier molecular flexibility index (Phi) is 4.10. The van der Waals surface area contributed by atoms with Crippen molar-refractivity contribution in [1.82, 2.24) is 19.9 Å². The standard InChI is InChI=1S/C18H18N4O2S/c1-3-15-19-11(10-25-15)8-22(2)9-14-20-16-12-6-4-5-7-13(12)24-17(16)18(23)21-14/h4-7,10H,3,8-9H2,1-2H3,(H,20,21,23). The highest BCUT2D eigenvalue weighted by Crippen LogP contribution is 2.24. The monoisotopic (exact) mass is 354 g/mol. The van der Waals surface area contributed by atoms with Crippen LogP contribution in [0.25, 0.3) is 22.1 Å². The zero-order valence-electron chi connectivity index (χ0n) is 14.1. The number of hydrogen-bond donors (Lipinski definition) is 1. The van der Waals surface area contributed by atoms with Crippen molar-refractivity contribution in [2.45, 2.75) is 26.4 Å². The van der Waals surface area contributed by atoms with Crippen molar-refractivity contribution in [1.29, 1.82) is 0 Å². The van der Waals surface area contributed by atoms with Crippen LogP contribution < -0.4 is 5.56 Å². The number of nitrogens with zero attached hydrogens (tertiary/aromatic N) is 3. The van der Waals surface area contributed by atoms with E-state index < -0.39 is 0 Å². The minimum absolute atomic E-state index is 0.244. The first-order valence-electron chi connectivity index (χ1n) is 8.16. The zero-order chi connectivity index (χ0) is 17.4. The Morgan fingerprint density at radius 2 is 2.08 bits per heavy atom. The van der Waals surface area contributed by atoms with Crippen LogP contribution >= 0.6 is 11.3 Å². The molecule has 128 valence electrons. The van der Waals surface area contributed by atoms with Gasteiger partial charge < -0.3 is 9.40 Å². The van der Waals surface area contributed by atoms with Gasteiger partial charge in [0.25, 0.3) is 5.56 Å². The number of aromatic amines is 1. The molecule has 0 bridgehead atoms. The number of aryl methyl sites for hydroxylation is 1. The van der Waals surface area contributed by atoms with Gasteiger partial charge in [-0.25, -0.2) is 9.97 Å². The number of benzene rings is 1. The van der Waals surface area contributed by atoms with Gasteiger partial charge in [0.05, 0.1) is 17.2 Å². The Balaban J connectivity index is 1.62. The summed E-state index contributed by atoms with van der Waals surface area (Å²) in [6.45, 7) is 3.35. The lowest BCUT2D eigenvalue weighted by atomic mass is 10.2. The van der Waals surface area contributed by atoms with Crippen LogP contribution in [0.5, 0.6) is 0 Å². The predicted molar refractivity (Wildman–Crippen MR) is 98.8 cm³/mol. The second-order valence-corrected chi connectivity index (χ2v) is 6.99. The number of furan rings is 1. The summed E-state index contributed by atoms with van der Waals surface area (Å²) in [5, 5.41) is 4.08. The molecule has 4 aromatic rings. The van der Waals surface area contributed by atoms with E-state index in [0.29, 0.717) is 30.0 Å². The van der Waals surface area contributed by atoms with E-state index in [1.54, 1.807) is 11.3 Å². The summed E-state index contributed by atoms with van der Waals surface area (Å²) in [5.74, 6) is 0.623. The SMILES string of the molecule is CCc1nc(CN(C)Cc2nc3c(oc4ccccc43)c(=O)[nH]2)cs1. The number of H-pyrrole nitrogens is 1. The number of para-hydroxylation sites is 1. The summed E-state index contributed by atoms with van der Waals surface area (Å²) in [6, 6.07) is 7.56. The Morgan fingerprint density at radius 3 is 2.88 bits per heavy atom. The fourth-order valence-corrected chi connectivity index (χ4v) is 3.63. The van der Waals surface area contributed by atoms with E-state index in [0.717, 1.165) is 22.5 Å². The molecule has 0 unspecified atom stereocenters. The van der Waals surface area contributed by atoms with E-state index in [2.05, 4.69) is 32.2 Å². The molecule has 6 nitrogen and oxygen atoms in total. The Bertz CT molecular complexity index is 1100. The van der Waals surface area contributed by atoms with Gasteiger partial charge in [-0.2, -0.15) is 0 Å². The molecular weight excluding hydrogens is 336 g/mol. The highest BCUT2D eigenvalue weighted by Gasteiger charge is 2.14. The summed E-state index contributed by atoms with van der Waals surface area (Å²) >= 11 is 1.68. The molecule has 0 saturated carbocycles. The quantitative estimate of drug-likeness (QED) is 0.595. The molecule has 0 radical (unpaired) electrons. The van der Waals surface area contributed by atoms with Crippen LogP contribution in [-0.4, -0.2) is 26.9 Å². The average molecular weight is 354 g/mol. The third-order valence-electron chi connectivity index (χ3n) is 4.03. The summed E-state index contributed by atoms with van der Waals surface area (Å²) in [5.41, 5.74) is 2.37. The minimum atomic E-state index is -0.244. The van der Waals surface area contributed by atoms with E-state index in [9.17, 15) is 4.79 Å². The van der Waals surface area contributed by atoms with Gasteiger partial charge in [-0.3, -0.25) is 9.69 Å². The van der Waals surface area contributed by atoms with Crippen molar-refractivity contribution in [2.24, 2.45) is 0 Å². The molecule has 1 N–H and O–H groups in total. The lowest BCUT2D eigenvalue weighted by molar-refractivity contribution is 0.307. The van der Waals surface area contributed by atoms with E-state index in [4.69, 9.17) is 4.42 Å². The summed E-state index contributed by atoms with van der Waals surface area (Å²) in [6.07, 6.45) is 0.952. The number of fused-ring (bicyclic) bond motifs is 3. The normalized spacial score (nSPS) is 11.8. The average Bonchev–Trinajstić information content (AvgIpc) is 3.19. The molecule has 0 amide bonds. The van der Waals surface area contributed by atoms with Crippen LogP contribution in [0.1, 0.15) is 23.4 Å². The molecule has 0 aliphatic rings. The fourth-order valence-electron chi connectivity index (χ4n) is 2.89. The molecule has 7 heteroatoms. The molecule has 4 rings (SSSR count). The number of nitrogens with one attached hydrogen (secondary N) is 1. The first-order chi connectivity index (χ1) is 12.1.